The molecule has 0 bridgehead atoms. The smallest absolute Gasteiger partial charge is 0.226 e. The molecule has 2 N–H and O–H groups in total. The van der Waals surface area contributed by atoms with Crippen molar-refractivity contribution < 1.29 is 4.79 Å². The molecule has 22 heavy (non-hydrogen) atoms. The summed E-state index contributed by atoms with van der Waals surface area (Å²) in [6.45, 7) is 1.92. The molecule has 1 aromatic carbocycles. The van der Waals surface area contributed by atoms with Crippen LogP contribution < -0.4 is 10.6 Å². The Balaban J connectivity index is 1.60. The first-order valence-corrected chi connectivity index (χ1v) is 9.08. The number of amides is 1. The Morgan fingerprint density at radius 2 is 2.41 bits per heavy atom. The van der Waals surface area contributed by atoms with E-state index in [1.54, 1.807) is 11.3 Å². The molecule has 1 aliphatic rings. The molecular weight excluding hydrogens is 362 g/mol. The van der Waals surface area contributed by atoms with E-state index < -0.39 is 0 Å². The van der Waals surface area contributed by atoms with Crippen LogP contribution in [0.1, 0.15) is 18.5 Å². The van der Waals surface area contributed by atoms with Crippen molar-refractivity contribution in [1.29, 1.82) is 0 Å². The van der Waals surface area contributed by atoms with Gasteiger partial charge in [0.05, 0.1) is 12.1 Å². The van der Waals surface area contributed by atoms with Crippen LogP contribution in [0.25, 0.3) is 10.6 Å². The molecule has 1 fully saturated rings. The van der Waals surface area contributed by atoms with Gasteiger partial charge in [0.25, 0.3) is 0 Å². The van der Waals surface area contributed by atoms with E-state index >= 15 is 0 Å². The molecule has 1 aliphatic heterocycles. The van der Waals surface area contributed by atoms with E-state index in [1.807, 2.05) is 29.6 Å². The van der Waals surface area contributed by atoms with E-state index in [4.69, 9.17) is 0 Å². The van der Waals surface area contributed by atoms with Crippen molar-refractivity contribution in [3.05, 3.63) is 39.8 Å². The second-order valence-electron chi connectivity index (χ2n) is 5.44. The number of carbonyl (C=O) groups is 1. The van der Waals surface area contributed by atoms with Gasteiger partial charge in [-0.1, -0.05) is 28.1 Å². The van der Waals surface area contributed by atoms with Gasteiger partial charge >= 0.3 is 0 Å². The highest BCUT2D eigenvalue weighted by atomic mass is 79.9. The molecule has 0 unspecified atom stereocenters. The molecule has 2 aromatic rings. The molecule has 1 saturated heterocycles. The minimum Gasteiger partial charge on any atom is -0.352 e. The lowest BCUT2D eigenvalue weighted by molar-refractivity contribution is -0.121. The van der Waals surface area contributed by atoms with E-state index in [0.29, 0.717) is 6.42 Å². The zero-order valence-corrected chi connectivity index (χ0v) is 14.5. The van der Waals surface area contributed by atoms with Crippen molar-refractivity contribution in [3.63, 3.8) is 0 Å². The SMILES string of the molecule is O=C(Cc1csc(-c2cccc(Br)c2)n1)N[C@H]1CCCNC1. The number of carbonyl (C=O) groups excluding carboxylic acids is 1. The fourth-order valence-corrected chi connectivity index (χ4v) is 3.78. The predicted molar refractivity (Wildman–Crippen MR) is 93.0 cm³/mol. The topological polar surface area (TPSA) is 54.0 Å². The second-order valence-corrected chi connectivity index (χ2v) is 7.22. The van der Waals surface area contributed by atoms with Crippen molar-refractivity contribution in [2.75, 3.05) is 13.1 Å². The highest BCUT2D eigenvalue weighted by Gasteiger charge is 2.16. The number of benzene rings is 1. The number of piperidine rings is 1. The standard InChI is InChI=1S/C16H18BrN3OS/c17-12-4-1-3-11(7-12)16-20-14(10-22-16)8-15(21)19-13-5-2-6-18-9-13/h1,3-4,7,10,13,18H,2,5-6,8-9H2,(H,19,21)/t13-/m0/s1. The summed E-state index contributed by atoms with van der Waals surface area (Å²) < 4.78 is 1.03. The van der Waals surface area contributed by atoms with Gasteiger partial charge in [-0.2, -0.15) is 0 Å². The van der Waals surface area contributed by atoms with Crippen LogP contribution in [0.15, 0.2) is 34.1 Å². The van der Waals surface area contributed by atoms with Crippen LogP contribution in [-0.2, 0) is 11.2 Å². The van der Waals surface area contributed by atoms with Crippen LogP contribution in [0, 0.1) is 0 Å². The Kier molecular flexibility index (Phi) is 5.23. The Bertz CT molecular complexity index is 652. The number of nitrogens with one attached hydrogen (secondary N) is 2. The fraction of sp³-hybridized carbons (Fsp3) is 0.375. The van der Waals surface area contributed by atoms with E-state index in [2.05, 4.69) is 31.5 Å². The summed E-state index contributed by atoms with van der Waals surface area (Å²) in [6.07, 6.45) is 2.52. The highest BCUT2D eigenvalue weighted by Crippen LogP contribution is 2.26. The lowest BCUT2D eigenvalue weighted by Crippen LogP contribution is -2.46. The molecule has 3 rings (SSSR count). The van der Waals surface area contributed by atoms with Gasteiger partial charge in [-0.05, 0) is 31.5 Å². The summed E-state index contributed by atoms with van der Waals surface area (Å²) in [5, 5.41) is 9.30. The summed E-state index contributed by atoms with van der Waals surface area (Å²) in [4.78, 5) is 16.7. The number of halogens is 1. The monoisotopic (exact) mass is 379 g/mol. The minimum atomic E-state index is 0.0554. The minimum absolute atomic E-state index is 0.0554. The molecule has 1 aromatic heterocycles. The van der Waals surface area contributed by atoms with Crippen LogP contribution in [0.4, 0.5) is 0 Å². The number of hydrogen-bond acceptors (Lipinski definition) is 4. The number of aromatic nitrogens is 1. The van der Waals surface area contributed by atoms with Gasteiger partial charge in [0.15, 0.2) is 0 Å². The number of rotatable bonds is 4. The molecule has 0 radical (unpaired) electrons. The number of hydrogen-bond donors (Lipinski definition) is 2. The maximum Gasteiger partial charge on any atom is 0.226 e. The number of nitrogens with zero attached hydrogens (tertiary/aromatic N) is 1. The van der Waals surface area contributed by atoms with Crippen molar-refractivity contribution in [2.24, 2.45) is 0 Å². The Morgan fingerprint density at radius 1 is 1.50 bits per heavy atom. The van der Waals surface area contributed by atoms with Crippen molar-refractivity contribution in [2.45, 2.75) is 25.3 Å². The van der Waals surface area contributed by atoms with Gasteiger partial charge in [0.2, 0.25) is 5.91 Å². The molecule has 1 amide bonds. The summed E-state index contributed by atoms with van der Waals surface area (Å²) in [6, 6.07) is 8.30. The Hall–Kier alpha value is -1.24. The van der Waals surface area contributed by atoms with Gasteiger partial charge in [0, 0.05) is 28.0 Å². The summed E-state index contributed by atoms with van der Waals surface area (Å²) in [7, 11) is 0. The Morgan fingerprint density at radius 3 is 3.18 bits per heavy atom. The zero-order valence-electron chi connectivity index (χ0n) is 12.1. The average Bonchev–Trinajstić information content (AvgIpc) is 2.96. The molecule has 4 nitrogen and oxygen atoms in total. The Labute approximate surface area is 142 Å². The van der Waals surface area contributed by atoms with Gasteiger partial charge in [-0.25, -0.2) is 4.98 Å². The first-order valence-electron chi connectivity index (χ1n) is 7.41. The van der Waals surface area contributed by atoms with E-state index in [9.17, 15) is 4.79 Å². The lowest BCUT2D eigenvalue weighted by Gasteiger charge is -2.23. The third-order valence-corrected chi connectivity index (χ3v) is 5.06. The maximum atomic E-state index is 12.1. The highest BCUT2D eigenvalue weighted by molar-refractivity contribution is 9.10. The average molecular weight is 380 g/mol. The molecule has 6 heteroatoms. The normalized spacial score (nSPS) is 18.1. The van der Waals surface area contributed by atoms with E-state index in [0.717, 1.165) is 46.7 Å². The van der Waals surface area contributed by atoms with E-state index in [-0.39, 0.29) is 11.9 Å². The summed E-state index contributed by atoms with van der Waals surface area (Å²) in [5.41, 5.74) is 1.91. The van der Waals surface area contributed by atoms with Gasteiger partial charge in [-0.15, -0.1) is 11.3 Å². The van der Waals surface area contributed by atoms with Gasteiger partial charge < -0.3 is 10.6 Å². The van der Waals surface area contributed by atoms with Crippen molar-refractivity contribution in [1.82, 2.24) is 15.6 Å². The third kappa shape index (κ3) is 4.15. The molecule has 0 saturated carbocycles. The molecular formula is C16H18BrN3OS. The first kappa shape index (κ1) is 15.6. The first-order chi connectivity index (χ1) is 10.7. The summed E-state index contributed by atoms with van der Waals surface area (Å²) >= 11 is 5.04. The second kappa shape index (κ2) is 7.35. The number of thiazole rings is 1. The zero-order chi connectivity index (χ0) is 15.4. The summed E-state index contributed by atoms with van der Waals surface area (Å²) in [5.74, 6) is 0.0554. The van der Waals surface area contributed by atoms with Gasteiger partial charge in [-0.3, -0.25) is 4.79 Å². The van der Waals surface area contributed by atoms with Crippen LogP contribution in [0.3, 0.4) is 0 Å². The maximum absolute atomic E-state index is 12.1. The predicted octanol–water partition coefficient (Wildman–Crippen LogP) is 2.98. The molecule has 0 aliphatic carbocycles. The third-order valence-electron chi connectivity index (χ3n) is 3.63. The van der Waals surface area contributed by atoms with Crippen LogP contribution in [0.2, 0.25) is 0 Å². The molecule has 116 valence electrons. The van der Waals surface area contributed by atoms with E-state index in [1.165, 1.54) is 0 Å². The fourth-order valence-electron chi connectivity index (χ4n) is 2.56. The lowest BCUT2D eigenvalue weighted by atomic mass is 10.1. The van der Waals surface area contributed by atoms with Crippen LogP contribution in [-0.4, -0.2) is 30.0 Å². The molecule has 0 spiro atoms. The largest absolute Gasteiger partial charge is 0.352 e. The van der Waals surface area contributed by atoms with Crippen molar-refractivity contribution in [3.8, 4) is 10.6 Å². The van der Waals surface area contributed by atoms with Crippen molar-refractivity contribution >= 4 is 33.2 Å². The quantitative estimate of drug-likeness (QED) is 0.858. The van der Waals surface area contributed by atoms with Crippen LogP contribution >= 0.6 is 27.3 Å². The van der Waals surface area contributed by atoms with Gasteiger partial charge in [0.1, 0.15) is 5.01 Å². The molecule has 2 heterocycles. The molecule has 1 atom stereocenters. The van der Waals surface area contributed by atoms with Crippen LogP contribution in [0.5, 0.6) is 0 Å².